The Morgan fingerprint density at radius 1 is 0.483 bits per heavy atom. The zero-order chi connectivity index (χ0) is 42.8. The average Bonchev–Trinajstić information content (AvgIpc) is 3.76. The van der Waals surface area contributed by atoms with Crippen molar-refractivity contribution in [2.75, 3.05) is 0 Å². The van der Waals surface area contributed by atoms with Crippen molar-refractivity contribution in [1.82, 2.24) is 0 Å². The summed E-state index contributed by atoms with van der Waals surface area (Å²) in [5.74, 6) is 0.839. The molecule has 0 aliphatic heterocycles. The molecule has 2 aliphatic carbocycles. The van der Waals surface area contributed by atoms with Crippen LogP contribution >= 0.6 is 17.0 Å². The number of hydrogen-bond donors (Lipinski definition) is 0. The number of rotatable bonds is 13. The first kappa shape index (κ1) is 45.6. The van der Waals surface area contributed by atoms with Gasteiger partial charge in [0.1, 0.15) is 0 Å². The van der Waals surface area contributed by atoms with E-state index in [4.69, 9.17) is 17.0 Å². The fourth-order valence-corrected chi connectivity index (χ4v) is 42.2. The molecule has 0 radical (unpaired) electrons. The summed E-state index contributed by atoms with van der Waals surface area (Å²) in [5, 5.41) is 0. The second-order valence-corrected chi connectivity index (χ2v) is 62.7. The fraction of sp³-hybridized carbons (Fsp3) is 0.481. The van der Waals surface area contributed by atoms with Gasteiger partial charge in [-0.05, 0) is 0 Å². The summed E-state index contributed by atoms with van der Waals surface area (Å²) in [6.45, 7) is 37.7. The summed E-state index contributed by atoms with van der Waals surface area (Å²) in [6, 6.07) is 24.6. The van der Waals surface area contributed by atoms with Crippen LogP contribution in [0, 0.1) is 0 Å². The minimum absolute atomic E-state index is 0.0743. The molecule has 58 heavy (non-hydrogen) atoms. The molecule has 2 aliphatic rings. The van der Waals surface area contributed by atoms with E-state index in [0.29, 0.717) is 35.5 Å². The molecule has 0 saturated carbocycles. The molecule has 311 valence electrons. The molecule has 4 aromatic carbocycles. The Hall–Kier alpha value is -1.96. The Bertz CT molecular complexity index is 2060. The van der Waals surface area contributed by atoms with Gasteiger partial charge in [0, 0.05) is 0 Å². The van der Waals surface area contributed by atoms with Crippen LogP contribution in [0.15, 0.2) is 71.8 Å². The van der Waals surface area contributed by atoms with Gasteiger partial charge in [0.15, 0.2) is 0 Å². The van der Waals surface area contributed by atoms with Crippen molar-refractivity contribution >= 4 is 35.1 Å². The summed E-state index contributed by atoms with van der Waals surface area (Å²) in [7, 11) is 17.9. The Morgan fingerprint density at radius 2 is 0.793 bits per heavy atom. The van der Waals surface area contributed by atoms with Crippen molar-refractivity contribution in [3.63, 3.8) is 0 Å². The Labute approximate surface area is 363 Å². The van der Waals surface area contributed by atoms with Gasteiger partial charge < -0.3 is 0 Å². The van der Waals surface area contributed by atoms with Gasteiger partial charge in [-0.2, -0.15) is 0 Å². The molecule has 6 rings (SSSR count). The van der Waals surface area contributed by atoms with Crippen LogP contribution in [0.5, 0.6) is 0 Å². The second-order valence-electron chi connectivity index (χ2n) is 20.2. The summed E-state index contributed by atoms with van der Waals surface area (Å²) in [4.78, 5) is 0. The number of halogens is 2. The average molecular weight is 912 g/mol. The molecule has 0 spiro atoms. The van der Waals surface area contributed by atoms with E-state index in [1.165, 1.54) is 89.0 Å². The third-order valence-corrected chi connectivity index (χ3v) is 66.0. The third-order valence-electron chi connectivity index (χ3n) is 14.1. The molecule has 0 heterocycles. The first-order valence-corrected chi connectivity index (χ1v) is 39.1. The van der Waals surface area contributed by atoms with E-state index in [-0.39, 0.29) is 7.25 Å². The monoisotopic (exact) mass is 909 g/mol. The van der Waals surface area contributed by atoms with E-state index < -0.39 is 21.5 Å². The molecule has 0 N–H and O–H groups in total. The van der Waals surface area contributed by atoms with Gasteiger partial charge in [-0.1, -0.05) is 0 Å². The van der Waals surface area contributed by atoms with Crippen LogP contribution in [-0.2, 0) is 15.6 Å². The quantitative estimate of drug-likeness (QED) is 0.117. The third kappa shape index (κ3) is 7.75. The number of benzene rings is 4. The van der Waals surface area contributed by atoms with Crippen LogP contribution in [0.25, 0.3) is 34.4 Å². The maximum atomic E-state index is 8.97. The van der Waals surface area contributed by atoms with Crippen LogP contribution in [0.1, 0.15) is 208 Å². The van der Waals surface area contributed by atoms with Gasteiger partial charge in [-0.3, -0.25) is 0 Å². The van der Waals surface area contributed by atoms with Crippen LogP contribution < -0.4 is 0 Å². The molecule has 2 unspecified atom stereocenters. The zero-order valence-corrected chi connectivity index (χ0v) is 43.9. The van der Waals surface area contributed by atoms with Crippen LogP contribution in [0.4, 0.5) is 0 Å². The molecule has 0 bridgehead atoms. The number of hydrogen-bond acceptors (Lipinski definition) is 0. The van der Waals surface area contributed by atoms with E-state index in [1.54, 1.807) is 0 Å². The first-order chi connectivity index (χ1) is 27.1. The van der Waals surface area contributed by atoms with Gasteiger partial charge in [0.05, 0.1) is 0 Å². The fourth-order valence-electron chi connectivity index (χ4n) is 10.4. The van der Waals surface area contributed by atoms with E-state index in [0.717, 1.165) is 12.8 Å². The van der Waals surface area contributed by atoms with Crippen molar-refractivity contribution in [2.24, 2.45) is 0 Å². The van der Waals surface area contributed by atoms with Gasteiger partial charge in [-0.25, -0.2) is 0 Å². The van der Waals surface area contributed by atoms with Crippen molar-refractivity contribution < 1.29 is 15.6 Å². The van der Waals surface area contributed by atoms with Gasteiger partial charge in [-0.15, -0.1) is 0 Å². The number of allylic oxidation sites excluding steroid dienone is 2. The van der Waals surface area contributed by atoms with E-state index in [2.05, 4.69) is 183 Å². The summed E-state index contributed by atoms with van der Waals surface area (Å²) in [6.07, 6.45) is 7.03. The van der Waals surface area contributed by atoms with E-state index >= 15 is 0 Å². The number of fused-ring (bicyclic) bond motifs is 2. The molecule has 0 fully saturated rings. The summed E-state index contributed by atoms with van der Waals surface area (Å²) < 4.78 is 0.149. The van der Waals surface area contributed by atoms with Crippen LogP contribution in [-0.4, -0.2) is 5.92 Å². The Balaban J connectivity index is 1.66. The van der Waals surface area contributed by atoms with Crippen molar-refractivity contribution in [3.05, 3.63) is 127 Å². The topological polar surface area (TPSA) is 0 Å². The minimum atomic E-state index is -4.99. The molecule has 2 atom stereocenters. The van der Waals surface area contributed by atoms with E-state index in [1.807, 2.05) is 0 Å². The molecule has 0 amide bonds. The molecule has 4 aromatic rings. The van der Waals surface area contributed by atoms with Crippen molar-refractivity contribution in [2.45, 2.75) is 166 Å². The molecular formula is C54H73Cl2SiZr. The SMILES string of the molecule is CCC1=Cc2c(ccc(C(C)C)c2-c2cc(C(C)C)cc(C(C)C)c2)[CH]1[Zr]([Cl])([Cl])([CH]1C(CC)=Cc2c1ccc(C(C)C)c2-c1cc(C(C)C)cc(C(C)C)c1)[SiH](C)C. The summed E-state index contributed by atoms with van der Waals surface area (Å²) in [5.41, 5.74) is 22.4. The van der Waals surface area contributed by atoms with Crippen molar-refractivity contribution in [3.8, 4) is 22.3 Å². The molecule has 4 heteroatoms. The standard InChI is InChI=1S/2C26H33.C2H7Si.2ClH.Zr/c2*1-8-19-11-20-9-10-24(18(6)7)26(25(20)12-19)23-14-21(16(2)3)13-22(15-23)17(4)5;1-3-2;;;/h2*9-18H,8H2,1-7H3;3H,1-2H3;2*1H;/q;;;;;+2/p-2. The van der Waals surface area contributed by atoms with Crippen LogP contribution in [0.2, 0.25) is 13.1 Å². The zero-order valence-electron chi connectivity index (χ0n) is 38.8. The van der Waals surface area contributed by atoms with Gasteiger partial charge >= 0.3 is 366 Å². The molecule has 0 aromatic heterocycles. The Morgan fingerprint density at radius 3 is 1.03 bits per heavy atom. The Kier molecular flexibility index (Phi) is 13.4. The first-order valence-electron chi connectivity index (χ1n) is 22.8. The second kappa shape index (κ2) is 17.1. The predicted octanol–water partition coefficient (Wildman–Crippen LogP) is 18.1. The van der Waals surface area contributed by atoms with Crippen molar-refractivity contribution in [1.29, 1.82) is 0 Å². The normalized spacial score (nSPS) is 17.6. The predicted molar refractivity (Wildman–Crippen MR) is 261 cm³/mol. The maximum absolute atomic E-state index is 8.97. The molecule has 0 saturated heterocycles. The molecule has 0 nitrogen and oxygen atoms in total. The van der Waals surface area contributed by atoms with Gasteiger partial charge in [0.2, 0.25) is 0 Å². The summed E-state index contributed by atoms with van der Waals surface area (Å²) >= 11 is -4.99. The van der Waals surface area contributed by atoms with Gasteiger partial charge in [0.25, 0.3) is 0 Å². The van der Waals surface area contributed by atoms with Crippen LogP contribution in [0.3, 0.4) is 0 Å². The molecular weight excluding hydrogens is 839 g/mol. The van der Waals surface area contributed by atoms with E-state index in [9.17, 15) is 0 Å².